The average molecular weight is 321 g/mol. The number of rotatable bonds is 4. The van der Waals surface area contributed by atoms with Crippen molar-refractivity contribution in [1.82, 2.24) is 15.0 Å². The van der Waals surface area contributed by atoms with Crippen LogP contribution >= 0.6 is 11.3 Å². The van der Waals surface area contributed by atoms with E-state index in [0.717, 1.165) is 11.3 Å². The van der Waals surface area contributed by atoms with Crippen molar-refractivity contribution in [1.29, 1.82) is 5.26 Å². The van der Waals surface area contributed by atoms with E-state index >= 15 is 0 Å². The van der Waals surface area contributed by atoms with Crippen LogP contribution in [-0.2, 0) is 4.79 Å². The summed E-state index contributed by atoms with van der Waals surface area (Å²) in [4.78, 5) is 23.2. The molecule has 0 aliphatic heterocycles. The highest BCUT2D eigenvalue weighted by Crippen LogP contribution is 2.24. The van der Waals surface area contributed by atoms with E-state index < -0.39 is 5.91 Å². The lowest BCUT2D eigenvalue weighted by Crippen LogP contribution is -2.13. The number of hydrogen-bond donors (Lipinski definition) is 2. The second-order valence-electron chi connectivity index (χ2n) is 4.52. The number of nitrogens with one attached hydrogen (secondary N) is 2. The highest BCUT2D eigenvalue weighted by atomic mass is 32.1. The SMILES string of the molecule is N#C/C(=C\c1c[nH]cn1)C(=O)Nc1nc(-c2ccccc2)cs1. The van der Waals surface area contributed by atoms with Crippen molar-refractivity contribution < 1.29 is 4.79 Å². The normalized spacial score (nSPS) is 11.0. The minimum Gasteiger partial charge on any atom is -0.351 e. The van der Waals surface area contributed by atoms with E-state index in [0.29, 0.717) is 10.8 Å². The fourth-order valence-corrected chi connectivity index (χ4v) is 2.60. The molecule has 7 heteroatoms. The molecule has 112 valence electrons. The molecule has 0 fully saturated rings. The second kappa shape index (κ2) is 6.68. The van der Waals surface area contributed by atoms with Crippen molar-refractivity contribution in [3.63, 3.8) is 0 Å². The van der Waals surface area contributed by atoms with Gasteiger partial charge in [-0.1, -0.05) is 30.3 Å². The number of benzene rings is 1. The van der Waals surface area contributed by atoms with E-state index in [1.54, 1.807) is 6.20 Å². The number of aromatic nitrogens is 3. The summed E-state index contributed by atoms with van der Waals surface area (Å²) in [5, 5.41) is 14.1. The predicted molar refractivity (Wildman–Crippen MR) is 88.4 cm³/mol. The number of thiazole rings is 1. The molecule has 0 saturated carbocycles. The lowest BCUT2D eigenvalue weighted by Gasteiger charge is -1.99. The van der Waals surface area contributed by atoms with Crippen molar-refractivity contribution in [2.24, 2.45) is 0 Å². The molecule has 0 spiro atoms. The van der Waals surface area contributed by atoms with Gasteiger partial charge >= 0.3 is 0 Å². The van der Waals surface area contributed by atoms with Crippen LogP contribution in [-0.4, -0.2) is 20.9 Å². The van der Waals surface area contributed by atoms with Gasteiger partial charge in [-0.05, 0) is 6.08 Å². The van der Waals surface area contributed by atoms with Crippen LogP contribution in [0.1, 0.15) is 5.69 Å². The summed E-state index contributed by atoms with van der Waals surface area (Å²) in [7, 11) is 0. The first-order valence-electron chi connectivity index (χ1n) is 6.69. The van der Waals surface area contributed by atoms with Crippen LogP contribution < -0.4 is 5.32 Å². The Morgan fingerprint density at radius 1 is 1.35 bits per heavy atom. The van der Waals surface area contributed by atoms with E-state index in [1.807, 2.05) is 41.8 Å². The first kappa shape index (κ1) is 14.7. The van der Waals surface area contributed by atoms with Crippen LogP contribution in [0.2, 0.25) is 0 Å². The van der Waals surface area contributed by atoms with Gasteiger partial charge in [0, 0.05) is 17.1 Å². The molecule has 0 saturated heterocycles. The molecule has 3 aromatic rings. The zero-order valence-corrected chi connectivity index (χ0v) is 12.7. The van der Waals surface area contributed by atoms with Gasteiger partial charge in [-0.3, -0.25) is 10.1 Å². The Kier molecular flexibility index (Phi) is 4.27. The van der Waals surface area contributed by atoms with Gasteiger partial charge in [0.2, 0.25) is 0 Å². The number of aromatic amines is 1. The average Bonchev–Trinajstić information content (AvgIpc) is 3.25. The van der Waals surface area contributed by atoms with Gasteiger partial charge in [0.25, 0.3) is 5.91 Å². The molecule has 1 aromatic carbocycles. The van der Waals surface area contributed by atoms with Crippen LogP contribution in [0.4, 0.5) is 5.13 Å². The number of carbonyl (C=O) groups is 1. The highest BCUT2D eigenvalue weighted by Gasteiger charge is 2.12. The van der Waals surface area contributed by atoms with Crippen LogP contribution in [0.15, 0.2) is 53.8 Å². The first-order chi connectivity index (χ1) is 11.3. The molecule has 0 bridgehead atoms. The summed E-state index contributed by atoms with van der Waals surface area (Å²) in [6.45, 7) is 0. The first-order valence-corrected chi connectivity index (χ1v) is 7.57. The summed E-state index contributed by atoms with van der Waals surface area (Å²) in [6.07, 6.45) is 4.49. The van der Waals surface area contributed by atoms with Crippen LogP contribution in [0.5, 0.6) is 0 Å². The largest absolute Gasteiger partial charge is 0.351 e. The van der Waals surface area contributed by atoms with Gasteiger partial charge < -0.3 is 4.98 Å². The van der Waals surface area contributed by atoms with E-state index in [1.165, 1.54) is 23.7 Å². The molecule has 2 aromatic heterocycles. The number of carbonyl (C=O) groups excluding carboxylic acids is 1. The Hall–Kier alpha value is -3.24. The summed E-state index contributed by atoms with van der Waals surface area (Å²) in [6, 6.07) is 11.5. The van der Waals surface area contributed by atoms with E-state index in [9.17, 15) is 4.79 Å². The fourth-order valence-electron chi connectivity index (χ4n) is 1.88. The van der Waals surface area contributed by atoms with Gasteiger partial charge in [-0.25, -0.2) is 9.97 Å². The maximum atomic E-state index is 12.1. The van der Waals surface area contributed by atoms with Crippen molar-refractivity contribution >= 4 is 28.5 Å². The van der Waals surface area contributed by atoms with E-state index in [2.05, 4.69) is 20.3 Å². The Morgan fingerprint density at radius 2 is 2.17 bits per heavy atom. The highest BCUT2D eigenvalue weighted by molar-refractivity contribution is 7.14. The monoisotopic (exact) mass is 321 g/mol. The maximum absolute atomic E-state index is 12.1. The van der Waals surface area contributed by atoms with E-state index in [4.69, 9.17) is 5.26 Å². The quantitative estimate of drug-likeness (QED) is 0.570. The molecular weight excluding hydrogens is 310 g/mol. The predicted octanol–water partition coefficient (Wildman–Crippen LogP) is 3.08. The summed E-state index contributed by atoms with van der Waals surface area (Å²) in [5.74, 6) is -0.510. The maximum Gasteiger partial charge on any atom is 0.268 e. The van der Waals surface area contributed by atoms with Crippen molar-refractivity contribution in [2.45, 2.75) is 0 Å². The number of nitriles is 1. The van der Waals surface area contributed by atoms with Gasteiger partial charge in [0.05, 0.1) is 17.7 Å². The molecule has 2 heterocycles. The second-order valence-corrected chi connectivity index (χ2v) is 5.38. The summed E-state index contributed by atoms with van der Waals surface area (Å²) < 4.78 is 0. The number of nitrogens with zero attached hydrogens (tertiary/aromatic N) is 3. The van der Waals surface area contributed by atoms with Gasteiger partial charge in [0.15, 0.2) is 5.13 Å². The number of H-pyrrole nitrogens is 1. The molecule has 0 radical (unpaired) electrons. The molecule has 6 nitrogen and oxygen atoms in total. The number of imidazole rings is 1. The Morgan fingerprint density at radius 3 is 2.87 bits per heavy atom. The number of amides is 1. The lowest BCUT2D eigenvalue weighted by molar-refractivity contribution is -0.112. The molecular formula is C16H11N5OS. The smallest absolute Gasteiger partial charge is 0.268 e. The minimum absolute atomic E-state index is 0.0337. The third-order valence-electron chi connectivity index (χ3n) is 2.97. The number of anilines is 1. The molecule has 0 unspecified atom stereocenters. The molecule has 23 heavy (non-hydrogen) atoms. The molecule has 2 N–H and O–H groups in total. The molecule has 0 atom stereocenters. The van der Waals surface area contributed by atoms with Crippen LogP contribution in [0, 0.1) is 11.3 Å². The van der Waals surface area contributed by atoms with Gasteiger partial charge in [-0.2, -0.15) is 5.26 Å². The molecule has 0 aliphatic rings. The standard InChI is InChI=1S/C16H11N5OS/c17-7-12(6-13-8-18-10-19-13)15(22)21-16-20-14(9-23-16)11-4-2-1-3-5-11/h1-6,8-10H,(H,18,19)(H,20,21,22)/b12-6+. The third-order valence-corrected chi connectivity index (χ3v) is 3.73. The van der Waals surface area contributed by atoms with Crippen molar-refractivity contribution in [3.05, 3.63) is 59.5 Å². The third kappa shape index (κ3) is 3.51. The fraction of sp³-hybridized carbons (Fsp3) is 0. The summed E-state index contributed by atoms with van der Waals surface area (Å²) in [5.41, 5.74) is 2.23. The Balaban J connectivity index is 1.76. The Bertz CT molecular complexity index is 875. The van der Waals surface area contributed by atoms with Crippen LogP contribution in [0.25, 0.3) is 17.3 Å². The van der Waals surface area contributed by atoms with Crippen LogP contribution in [0.3, 0.4) is 0 Å². The zero-order valence-electron chi connectivity index (χ0n) is 11.9. The van der Waals surface area contributed by atoms with Gasteiger partial charge in [0.1, 0.15) is 11.6 Å². The van der Waals surface area contributed by atoms with Crippen molar-refractivity contribution in [2.75, 3.05) is 5.32 Å². The Labute approximate surface area is 136 Å². The molecule has 1 amide bonds. The zero-order chi connectivity index (χ0) is 16.1. The lowest BCUT2D eigenvalue weighted by atomic mass is 10.2. The van der Waals surface area contributed by atoms with Crippen molar-refractivity contribution in [3.8, 4) is 17.3 Å². The topological polar surface area (TPSA) is 94.5 Å². The molecule has 0 aliphatic carbocycles. The van der Waals surface area contributed by atoms with E-state index in [-0.39, 0.29) is 5.57 Å². The number of hydrogen-bond acceptors (Lipinski definition) is 5. The van der Waals surface area contributed by atoms with Gasteiger partial charge in [-0.15, -0.1) is 11.3 Å². The summed E-state index contributed by atoms with van der Waals surface area (Å²) >= 11 is 1.31. The minimum atomic E-state index is -0.510. The molecule has 3 rings (SSSR count).